The zero-order chi connectivity index (χ0) is 13.8. The second-order valence-corrected chi connectivity index (χ2v) is 5.17. The second kappa shape index (κ2) is 6.02. The summed E-state index contributed by atoms with van der Waals surface area (Å²) in [5.41, 5.74) is 2.09. The number of hydrogen-bond donors (Lipinski definition) is 1. The molecule has 0 aliphatic heterocycles. The van der Waals surface area contributed by atoms with Crippen LogP contribution in [-0.4, -0.2) is 17.0 Å². The molecule has 1 heterocycles. The fourth-order valence-electron chi connectivity index (χ4n) is 1.83. The highest BCUT2D eigenvalue weighted by atomic mass is 35.5. The zero-order valence-corrected chi connectivity index (χ0v) is 12.2. The maximum atomic E-state index is 6.18. The van der Waals surface area contributed by atoms with Gasteiger partial charge in [-0.05, 0) is 17.5 Å². The highest BCUT2D eigenvalue weighted by molar-refractivity contribution is 6.31. The fourth-order valence-corrected chi connectivity index (χ4v) is 2.04. The van der Waals surface area contributed by atoms with Crippen molar-refractivity contribution in [3.05, 3.63) is 52.4 Å². The van der Waals surface area contributed by atoms with Crippen molar-refractivity contribution in [3.63, 3.8) is 0 Å². The number of halogens is 1. The van der Waals surface area contributed by atoms with Crippen molar-refractivity contribution < 1.29 is 0 Å². The Morgan fingerprint density at radius 3 is 2.58 bits per heavy atom. The molecule has 0 spiro atoms. The van der Waals surface area contributed by atoms with Crippen molar-refractivity contribution in [2.45, 2.75) is 26.2 Å². The smallest absolute Gasteiger partial charge is 0.135 e. The van der Waals surface area contributed by atoms with Gasteiger partial charge in [0.1, 0.15) is 11.6 Å². The monoisotopic (exact) mass is 275 g/mol. The predicted octanol–water partition coefficient (Wildman–Crippen LogP) is 3.89. The van der Waals surface area contributed by atoms with Gasteiger partial charge in [-0.15, -0.1) is 0 Å². The first kappa shape index (κ1) is 13.8. The number of nitrogens with zero attached hydrogens (tertiary/aromatic N) is 2. The lowest BCUT2D eigenvalue weighted by atomic mass is 10.1. The van der Waals surface area contributed by atoms with Crippen LogP contribution in [-0.2, 0) is 6.42 Å². The third kappa shape index (κ3) is 3.44. The maximum absolute atomic E-state index is 6.18. The Balaban J connectivity index is 2.34. The van der Waals surface area contributed by atoms with Crippen LogP contribution < -0.4 is 5.32 Å². The Labute approximate surface area is 119 Å². The summed E-state index contributed by atoms with van der Waals surface area (Å²) in [4.78, 5) is 9.10. The SMILES string of the molecule is CNc1cc(C(C)C)nc(Cc2ccccc2Cl)n1. The summed E-state index contributed by atoms with van der Waals surface area (Å²) in [6, 6.07) is 9.79. The lowest BCUT2D eigenvalue weighted by Crippen LogP contribution is -2.05. The third-order valence-electron chi connectivity index (χ3n) is 2.95. The lowest BCUT2D eigenvalue weighted by molar-refractivity contribution is 0.793. The van der Waals surface area contributed by atoms with Crippen LogP contribution in [0.15, 0.2) is 30.3 Å². The van der Waals surface area contributed by atoms with Crippen LogP contribution in [0.2, 0.25) is 5.02 Å². The molecule has 4 heteroatoms. The van der Waals surface area contributed by atoms with Crippen LogP contribution in [0.25, 0.3) is 0 Å². The van der Waals surface area contributed by atoms with E-state index < -0.39 is 0 Å². The number of hydrogen-bond acceptors (Lipinski definition) is 3. The number of nitrogens with one attached hydrogen (secondary N) is 1. The van der Waals surface area contributed by atoms with Gasteiger partial charge in [0.25, 0.3) is 0 Å². The van der Waals surface area contributed by atoms with Gasteiger partial charge in [0.2, 0.25) is 0 Å². The van der Waals surface area contributed by atoms with Gasteiger partial charge < -0.3 is 5.32 Å². The molecule has 19 heavy (non-hydrogen) atoms. The maximum Gasteiger partial charge on any atom is 0.135 e. The van der Waals surface area contributed by atoms with Crippen LogP contribution in [0.4, 0.5) is 5.82 Å². The lowest BCUT2D eigenvalue weighted by Gasteiger charge is -2.10. The average Bonchev–Trinajstić information content (AvgIpc) is 2.41. The van der Waals surface area contributed by atoms with Gasteiger partial charge in [0.05, 0.1) is 0 Å². The molecule has 0 amide bonds. The third-order valence-corrected chi connectivity index (χ3v) is 3.32. The van der Waals surface area contributed by atoms with E-state index in [0.717, 1.165) is 27.9 Å². The first-order chi connectivity index (χ1) is 9.10. The Morgan fingerprint density at radius 1 is 1.21 bits per heavy atom. The summed E-state index contributed by atoms with van der Waals surface area (Å²) in [7, 11) is 1.87. The molecular weight excluding hydrogens is 258 g/mol. The van der Waals surface area contributed by atoms with Crippen molar-refractivity contribution >= 4 is 17.4 Å². The summed E-state index contributed by atoms with van der Waals surface area (Å²) in [5, 5.41) is 3.84. The number of rotatable bonds is 4. The normalized spacial score (nSPS) is 10.8. The van der Waals surface area contributed by atoms with E-state index in [4.69, 9.17) is 11.6 Å². The van der Waals surface area contributed by atoms with Crippen molar-refractivity contribution in [2.24, 2.45) is 0 Å². The Bertz CT molecular complexity index is 567. The van der Waals surface area contributed by atoms with Gasteiger partial charge in [-0.1, -0.05) is 43.6 Å². The van der Waals surface area contributed by atoms with Crippen LogP contribution in [0.5, 0.6) is 0 Å². The van der Waals surface area contributed by atoms with Gasteiger partial charge >= 0.3 is 0 Å². The van der Waals surface area contributed by atoms with E-state index in [1.807, 2.05) is 37.4 Å². The van der Waals surface area contributed by atoms with Gasteiger partial charge in [-0.2, -0.15) is 0 Å². The molecule has 0 aliphatic rings. The molecule has 0 radical (unpaired) electrons. The summed E-state index contributed by atoms with van der Waals surface area (Å²) in [6.45, 7) is 4.25. The Hall–Kier alpha value is -1.61. The number of aromatic nitrogens is 2. The molecule has 0 atom stereocenters. The summed E-state index contributed by atoms with van der Waals surface area (Å²) >= 11 is 6.18. The predicted molar refractivity (Wildman–Crippen MR) is 79.9 cm³/mol. The Kier molecular flexibility index (Phi) is 4.38. The highest BCUT2D eigenvalue weighted by Gasteiger charge is 2.09. The van der Waals surface area contributed by atoms with Crippen LogP contribution in [0, 0.1) is 0 Å². The van der Waals surface area contributed by atoms with Gasteiger partial charge in [-0.3, -0.25) is 0 Å². The van der Waals surface area contributed by atoms with E-state index in [-0.39, 0.29) is 0 Å². The molecule has 0 saturated carbocycles. The minimum Gasteiger partial charge on any atom is -0.373 e. The van der Waals surface area contributed by atoms with Crippen molar-refractivity contribution in [1.29, 1.82) is 0 Å². The quantitative estimate of drug-likeness (QED) is 0.920. The molecule has 3 nitrogen and oxygen atoms in total. The van der Waals surface area contributed by atoms with Gasteiger partial charge in [-0.25, -0.2) is 9.97 Å². The molecular formula is C15H18ClN3. The molecule has 100 valence electrons. The van der Waals surface area contributed by atoms with Crippen molar-refractivity contribution in [1.82, 2.24) is 9.97 Å². The van der Waals surface area contributed by atoms with E-state index in [9.17, 15) is 0 Å². The zero-order valence-electron chi connectivity index (χ0n) is 11.4. The first-order valence-corrected chi connectivity index (χ1v) is 6.77. The second-order valence-electron chi connectivity index (χ2n) is 4.77. The van der Waals surface area contributed by atoms with Crippen molar-refractivity contribution in [2.75, 3.05) is 12.4 Å². The summed E-state index contributed by atoms with van der Waals surface area (Å²) in [6.07, 6.45) is 0.648. The first-order valence-electron chi connectivity index (χ1n) is 6.39. The molecule has 0 unspecified atom stereocenters. The van der Waals surface area contributed by atoms with E-state index in [2.05, 4.69) is 29.1 Å². The molecule has 2 rings (SSSR count). The van der Waals surface area contributed by atoms with Gasteiger partial charge in [0, 0.05) is 30.3 Å². The topological polar surface area (TPSA) is 37.8 Å². The van der Waals surface area contributed by atoms with E-state index >= 15 is 0 Å². The molecule has 1 aromatic heterocycles. The standard InChI is InChI=1S/C15H18ClN3/c1-10(2)13-9-14(17-3)19-15(18-13)8-11-6-4-5-7-12(11)16/h4-7,9-10H,8H2,1-3H3,(H,17,18,19). The summed E-state index contributed by atoms with van der Waals surface area (Å²) < 4.78 is 0. The minimum atomic E-state index is 0.375. The molecule has 1 aromatic carbocycles. The molecule has 1 N–H and O–H groups in total. The molecule has 0 fully saturated rings. The van der Waals surface area contributed by atoms with Gasteiger partial charge in [0.15, 0.2) is 0 Å². The van der Waals surface area contributed by atoms with E-state index in [0.29, 0.717) is 12.3 Å². The minimum absolute atomic E-state index is 0.375. The highest BCUT2D eigenvalue weighted by Crippen LogP contribution is 2.20. The van der Waals surface area contributed by atoms with E-state index in [1.54, 1.807) is 0 Å². The average molecular weight is 276 g/mol. The number of benzene rings is 1. The van der Waals surface area contributed by atoms with Crippen LogP contribution >= 0.6 is 11.6 Å². The Morgan fingerprint density at radius 2 is 1.95 bits per heavy atom. The van der Waals surface area contributed by atoms with Crippen LogP contribution in [0.1, 0.15) is 36.8 Å². The summed E-state index contributed by atoms with van der Waals surface area (Å²) in [5.74, 6) is 2.02. The number of anilines is 1. The molecule has 0 bridgehead atoms. The fraction of sp³-hybridized carbons (Fsp3) is 0.333. The molecule has 0 saturated heterocycles. The van der Waals surface area contributed by atoms with Crippen molar-refractivity contribution in [3.8, 4) is 0 Å². The molecule has 2 aromatic rings. The largest absolute Gasteiger partial charge is 0.373 e. The molecule has 0 aliphatic carbocycles. The van der Waals surface area contributed by atoms with E-state index in [1.165, 1.54) is 0 Å². The van der Waals surface area contributed by atoms with Crippen LogP contribution in [0.3, 0.4) is 0 Å².